The lowest BCUT2D eigenvalue weighted by atomic mass is 9.87. The maximum Gasteiger partial charge on any atom is 0.433 e. The van der Waals surface area contributed by atoms with Crippen LogP contribution in [0.15, 0.2) is 17.8 Å². The van der Waals surface area contributed by atoms with E-state index in [4.69, 9.17) is 17.3 Å². The Morgan fingerprint density at radius 2 is 1.89 bits per heavy atom. The van der Waals surface area contributed by atoms with Gasteiger partial charge in [-0.1, -0.05) is 11.6 Å². The molecule has 1 aliphatic carbocycles. The molecule has 2 heterocycles. The summed E-state index contributed by atoms with van der Waals surface area (Å²) in [6.07, 6.45) is -2.40. The first-order valence-electron chi connectivity index (χ1n) is 10.8. The Morgan fingerprint density at radius 1 is 1.23 bits per heavy atom. The fraction of sp³-hybridized carbons (Fsp3) is 0.571. The summed E-state index contributed by atoms with van der Waals surface area (Å²) in [5.41, 5.74) is 2.83. The van der Waals surface area contributed by atoms with Gasteiger partial charge >= 0.3 is 12.8 Å². The molecule has 0 spiro atoms. The number of aliphatic hydroxyl groups is 1. The number of carbonyl (C=O) groups excluding carboxylic acids is 2. The highest BCUT2D eigenvalue weighted by Gasteiger charge is 2.35. The van der Waals surface area contributed by atoms with Crippen LogP contribution in [0.4, 0.5) is 22.0 Å². The number of carbonyl (C=O) groups is 2. The summed E-state index contributed by atoms with van der Waals surface area (Å²) in [4.78, 5) is 31.4. The number of hydrogen-bond donors (Lipinski definition) is 2. The normalized spacial score (nSPS) is 22.3. The number of piperazine rings is 1. The van der Waals surface area contributed by atoms with Crippen LogP contribution in [0.3, 0.4) is 0 Å². The molecule has 194 valence electrons. The van der Waals surface area contributed by atoms with Crippen LogP contribution in [0, 0.1) is 5.92 Å². The zero-order chi connectivity index (χ0) is 25.9. The van der Waals surface area contributed by atoms with Crippen molar-refractivity contribution in [3.63, 3.8) is 0 Å². The number of halogens is 6. The van der Waals surface area contributed by atoms with Crippen LogP contribution in [0.1, 0.15) is 37.1 Å². The number of ether oxygens (including phenoxy) is 1. The van der Waals surface area contributed by atoms with Gasteiger partial charge in [-0.25, -0.2) is 4.98 Å². The summed E-state index contributed by atoms with van der Waals surface area (Å²) in [6.45, 7) is -2.88. The maximum absolute atomic E-state index is 13.1. The standard InChI is InChI=1S/C21H24ClF5N4O4/c22-17(14-7-13(35-20(23)24)8-15(29-14)21(25,26)27)18(28)19(34)31-6-5-30(16(33)10-31)9-11-1-3-12(32)4-2-11/h7-8,11-12,20,32H,1-6,9-10,28H2. The molecule has 2 amide bonds. The Hall–Kier alpha value is -2.67. The summed E-state index contributed by atoms with van der Waals surface area (Å²) >= 11 is 6.03. The van der Waals surface area contributed by atoms with E-state index in [1.165, 1.54) is 0 Å². The number of amides is 2. The Bertz CT molecular complexity index is 983. The molecule has 35 heavy (non-hydrogen) atoms. The average molecular weight is 527 g/mol. The van der Waals surface area contributed by atoms with Crippen LogP contribution in [0.2, 0.25) is 0 Å². The van der Waals surface area contributed by atoms with E-state index < -0.39 is 46.6 Å². The van der Waals surface area contributed by atoms with Crippen molar-refractivity contribution in [2.75, 3.05) is 26.2 Å². The predicted octanol–water partition coefficient (Wildman–Crippen LogP) is 2.79. The molecule has 3 rings (SSSR count). The van der Waals surface area contributed by atoms with Gasteiger partial charge in [-0.2, -0.15) is 22.0 Å². The van der Waals surface area contributed by atoms with Gasteiger partial charge < -0.3 is 25.4 Å². The Morgan fingerprint density at radius 3 is 2.46 bits per heavy atom. The lowest BCUT2D eigenvalue weighted by Crippen LogP contribution is -2.54. The van der Waals surface area contributed by atoms with Gasteiger partial charge in [0.15, 0.2) is 0 Å². The average Bonchev–Trinajstić information content (AvgIpc) is 2.79. The van der Waals surface area contributed by atoms with E-state index in [0.29, 0.717) is 25.5 Å². The first-order valence-corrected chi connectivity index (χ1v) is 11.2. The van der Waals surface area contributed by atoms with E-state index in [1.807, 2.05) is 0 Å². The van der Waals surface area contributed by atoms with Gasteiger partial charge in [0.25, 0.3) is 5.91 Å². The Kier molecular flexibility index (Phi) is 8.42. The zero-order valence-corrected chi connectivity index (χ0v) is 19.2. The van der Waals surface area contributed by atoms with Gasteiger partial charge in [0.1, 0.15) is 23.7 Å². The van der Waals surface area contributed by atoms with Gasteiger partial charge in [-0.05, 0) is 31.6 Å². The smallest absolute Gasteiger partial charge is 0.433 e. The maximum atomic E-state index is 13.1. The monoisotopic (exact) mass is 526 g/mol. The lowest BCUT2D eigenvalue weighted by molar-refractivity contribution is -0.144. The third-order valence-corrected chi connectivity index (χ3v) is 6.30. The third-order valence-electron chi connectivity index (χ3n) is 5.91. The molecule has 1 saturated heterocycles. The number of rotatable bonds is 6. The molecule has 1 aromatic rings. The largest absolute Gasteiger partial charge is 0.435 e. The van der Waals surface area contributed by atoms with Crippen LogP contribution in [-0.4, -0.2) is 70.6 Å². The number of alkyl halides is 5. The minimum absolute atomic E-state index is 0.112. The number of nitrogens with zero attached hydrogens (tertiary/aromatic N) is 3. The minimum atomic E-state index is -5.01. The summed E-state index contributed by atoms with van der Waals surface area (Å²) in [5.74, 6) is -1.85. The molecule has 0 atom stereocenters. The SMILES string of the molecule is NC(C(=O)N1CCN(CC2CCC(O)CC2)C(=O)C1)=C(Cl)c1cc(OC(F)F)cc(C(F)(F)F)n1. The number of pyridine rings is 1. The van der Waals surface area contributed by atoms with E-state index in [9.17, 15) is 36.6 Å². The molecule has 1 saturated carbocycles. The van der Waals surface area contributed by atoms with Crippen molar-refractivity contribution in [3.05, 3.63) is 29.2 Å². The highest BCUT2D eigenvalue weighted by Crippen LogP contribution is 2.34. The molecule has 0 bridgehead atoms. The number of aromatic nitrogens is 1. The quantitative estimate of drug-likeness (QED) is 0.436. The van der Waals surface area contributed by atoms with Crippen molar-refractivity contribution < 1.29 is 41.4 Å². The second-order valence-corrected chi connectivity index (χ2v) is 8.80. The predicted molar refractivity (Wildman–Crippen MR) is 114 cm³/mol. The summed E-state index contributed by atoms with van der Waals surface area (Å²) in [5, 5.41) is 8.92. The molecule has 8 nitrogen and oxygen atoms in total. The van der Waals surface area contributed by atoms with Crippen LogP contribution in [0.5, 0.6) is 5.75 Å². The van der Waals surface area contributed by atoms with Crippen LogP contribution in [0.25, 0.3) is 5.03 Å². The van der Waals surface area contributed by atoms with Gasteiger partial charge in [0.05, 0.1) is 16.8 Å². The van der Waals surface area contributed by atoms with E-state index >= 15 is 0 Å². The van der Waals surface area contributed by atoms with Crippen molar-refractivity contribution >= 4 is 28.4 Å². The highest BCUT2D eigenvalue weighted by atomic mass is 35.5. The van der Waals surface area contributed by atoms with Gasteiger partial charge in [-0.15, -0.1) is 0 Å². The lowest BCUT2D eigenvalue weighted by Gasteiger charge is -2.37. The molecule has 0 aromatic carbocycles. The van der Waals surface area contributed by atoms with Gasteiger partial charge in [0.2, 0.25) is 5.91 Å². The van der Waals surface area contributed by atoms with Crippen LogP contribution < -0.4 is 10.5 Å². The zero-order valence-electron chi connectivity index (χ0n) is 18.4. The molecule has 2 aliphatic rings. The number of aliphatic hydroxyl groups excluding tert-OH is 1. The summed E-state index contributed by atoms with van der Waals surface area (Å²) < 4.78 is 68.5. The second-order valence-electron chi connectivity index (χ2n) is 8.42. The third kappa shape index (κ3) is 6.94. The van der Waals surface area contributed by atoms with Crippen molar-refractivity contribution in [1.29, 1.82) is 0 Å². The molecule has 14 heteroatoms. The second kappa shape index (κ2) is 10.9. The van der Waals surface area contributed by atoms with E-state index in [0.717, 1.165) is 17.7 Å². The Balaban J connectivity index is 1.73. The van der Waals surface area contributed by atoms with Crippen molar-refractivity contribution in [3.8, 4) is 5.75 Å². The molecule has 0 unspecified atom stereocenters. The van der Waals surface area contributed by atoms with Gasteiger partial charge in [0, 0.05) is 31.8 Å². The number of hydrogen-bond acceptors (Lipinski definition) is 6. The van der Waals surface area contributed by atoms with E-state index in [1.54, 1.807) is 4.90 Å². The fourth-order valence-corrected chi connectivity index (χ4v) is 4.23. The summed E-state index contributed by atoms with van der Waals surface area (Å²) in [6, 6.07) is 0.969. The molecule has 1 aliphatic heterocycles. The van der Waals surface area contributed by atoms with Crippen molar-refractivity contribution in [2.45, 2.75) is 44.6 Å². The minimum Gasteiger partial charge on any atom is -0.435 e. The number of nitrogens with two attached hydrogens (primary N) is 1. The molecular weight excluding hydrogens is 503 g/mol. The first-order chi connectivity index (χ1) is 16.3. The fourth-order valence-electron chi connectivity index (χ4n) is 4.05. The molecule has 2 fully saturated rings. The van der Waals surface area contributed by atoms with E-state index in [2.05, 4.69) is 9.72 Å². The highest BCUT2D eigenvalue weighted by molar-refractivity contribution is 6.50. The summed E-state index contributed by atoms with van der Waals surface area (Å²) in [7, 11) is 0. The van der Waals surface area contributed by atoms with Gasteiger partial charge in [-0.3, -0.25) is 9.59 Å². The molecule has 0 radical (unpaired) electrons. The van der Waals surface area contributed by atoms with E-state index in [-0.39, 0.29) is 43.6 Å². The van der Waals surface area contributed by atoms with Crippen LogP contribution >= 0.6 is 11.6 Å². The van der Waals surface area contributed by atoms with Crippen LogP contribution in [-0.2, 0) is 15.8 Å². The molecule has 3 N–H and O–H groups in total. The van der Waals surface area contributed by atoms with Crippen molar-refractivity contribution in [2.24, 2.45) is 11.7 Å². The topological polar surface area (TPSA) is 109 Å². The first kappa shape index (κ1) is 26.9. The molecule has 1 aromatic heterocycles. The molecular formula is C21H24ClF5N4O4. The van der Waals surface area contributed by atoms with Crippen molar-refractivity contribution in [1.82, 2.24) is 14.8 Å². The Labute approximate surface area is 202 Å².